The van der Waals surface area contributed by atoms with E-state index in [1.54, 1.807) is 6.26 Å². The van der Waals surface area contributed by atoms with Crippen LogP contribution < -0.4 is 5.73 Å². The molecule has 1 saturated carbocycles. The fourth-order valence-electron chi connectivity index (χ4n) is 2.04. The molecular formula is C11H17NO. The van der Waals surface area contributed by atoms with Crippen LogP contribution in [0.4, 0.5) is 0 Å². The zero-order valence-electron chi connectivity index (χ0n) is 8.29. The number of nitrogens with two attached hydrogens (primary N) is 1. The van der Waals surface area contributed by atoms with E-state index in [1.807, 2.05) is 12.1 Å². The van der Waals surface area contributed by atoms with Gasteiger partial charge in [0.15, 0.2) is 0 Å². The zero-order chi connectivity index (χ0) is 9.47. The summed E-state index contributed by atoms with van der Waals surface area (Å²) < 4.78 is 5.27. The number of hydrogen-bond donors (Lipinski definition) is 1. The zero-order valence-corrected chi connectivity index (χ0v) is 8.29. The van der Waals surface area contributed by atoms with Crippen LogP contribution in [0.15, 0.2) is 22.8 Å². The molecule has 2 nitrogen and oxygen atoms in total. The third-order valence-electron chi connectivity index (χ3n) is 3.12. The highest BCUT2D eigenvalue weighted by Gasteiger charge is 2.48. The lowest BCUT2D eigenvalue weighted by atomic mass is 10.0. The fraction of sp³-hybridized carbons (Fsp3) is 0.636. The first-order chi connectivity index (χ1) is 6.09. The highest BCUT2D eigenvalue weighted by Crippen LogP contribution is 2.53. The van der Waals surface area contributed by atoms with Crippen molar-refractivity contribution in [1.29, 1.82) is 0 Å². The van der Waals surface area contributed by atoms with Crippen molar-refractivity contribution in [1.82, 2.24) is 0 Å². The lowest BCUT2D eigenvalue weighted by molar-refractivity contribution is 0.431. The van der Waals surface area contributed by atoms with Crippen molar-refractivity contribution in [2.75, 3.05) is 0 Å². The van der Waals surface area contributed by atoms with E-state index in [0.29, 0.717) is 11.3 Å². The van der Waals surface area contributed by atoms with E-state index in [2.05, 4.69) is 13.8 Å². The van der Waals surface area contributed by atoms with E-state index < -0.39 is 0 Å². The van der Waals surface area contributed by atoms with E-state index in [-0.39, 0.29) is 6.04 Å². The number of hydrogen-bond acceptors (Lipinski definition) is 2. The minimum absolute atomic E-state index is 0.265. The van der Waals surface area contributed by atoms with Gasteiger partial charge in [-0.15, -0.1) is 0 Å². The van der Waals surface area contributed by atoms with Crippen LogP contribution in [0.25, 0.3) is 0 Å². The second kappa shape index (κ2) is 2.88. The van der Waals surface area contributed by atoms with Gasteiger partial charge in [-0.1, -0.05) is 13.8 Å². The quantitative estimate of drug-likeness (QED) is 0.772. The summed E-state index contributed by atoms with van der Waals surface area (Å²) in [6, 6.07) is 4.18. The lowest BCUT2D eigenvalue weighted by Gasteiger charge is -2.11. The van der Waals surface area contributed by atoms with Crippen molar-refractivity contribution in [3.05, 3.63) is 24.2 Å². The van der Waals surface area contributed by atoms with Gasteiger partial charge < -0.3 is 10.2 Å². The van der Waals surface area contributed by atoms with Gasteiger partial charge >= 0.3 is 0 Å². The Hall–Kier alpha value is -0.760. The Morgan fingerprint density at radius 1 is 1.69 bits per heavy atom. The molecule has 2 heteroatoms. The molecule has 0 radical (unpaired) electrons. The van der Waals surface area contributed by atoms with E-state index in [0.717, 1.165) is 12.2 Å². The van der Waals surface area contributed by atoms with Gasteiger partial charge in [0.05, 0.1) is 6.26 Å². The summed E-state index contributed by atoms with van der Waals surface area (Å²) in [5, 5.41) is 0. The highest BCUT2D eigenvalue weighted by molar-refractivity contribution is 5.07. The Bertz CT molecular complexity index is 276. The van der Waals surface area contributed by atoms with Gasteiger partial charge in [0.1, 0.15) is 5.76 Å². The van der Waals surface area contributed by atoms with E-state index in [1.165, 1.54) is 6.42 Å². The van der Waals surface area contributed by atoms with Gasteiger partial charge in [-0.25, -0.2) is 0 Å². The van der Waals surface area contributed by atoms with Crippen LogP contribution in [0.5, 0.6) is 0 Å². The summed E-state index contributed by atoms with van der Waals surface area (Å²) >= 11 is 0. The van der Waals surface area contributed by atoms with E-state index in [9.17, 15) is 0 Å². The molecule has 0 saturated heterocycles. The maximum Gasteiger partial charge on any atom is 0.105 e. The Balaban J connectivity index is 1.90. The third kappa shape index (κ3) is 1.78. The predicted octanol–water partition coefficient (Wildman–Crippen LogP) is 2.20. The van der Waals surface area contributed by atoms with E-state index in [4.69, 9.17) is 10.2 Å². The van der Waals surface area contributed by atoms with Gasteiger partial charge in [-0.3, -0.25) is 0 Å². The van der Waals surface area contributed by atoms with Gasteiger partial charge in [0, 0.05) is 12.5 Å². The molecule has 0 amide bonds. The van der Waals surface area contributed by atoms with Crippen LogP contribution in [0.3, 0.4) is 0 Å². The molecule has 0 spiro atoms. The van der Waals surface area contributed by atoms with Crippen LogP contribution in [0.1, 0.15) is 26.0 Å². The Labute approximate surface area is 79.1 Å². The predicted molar refractivity (Wildman–Crippen MR) is 52.3 cm³/mol. The second-order valence-electron chi connectivity index (χ2n) is 4.75. The molecule has 2 unspecified atom stereocenters. The monoisotopic (exact) mass is 179 g/mol. The maximum atomic E-state index is 6.09. The van der Waals surface area contributed by atoms with Gasteiger partial charge in [-0.2, -0.15) is 0 Å². The lowest BCUT2D eigenvalue weighted by Crippen LogP contribution is -2.27. The smallest absolute Gasteiger partial charge is 0.105 e. The third-order valence-corrected chi connectivity index (χ3v) is 3.12. The summed E-state index contributed by atoms with van der Waals surface area (Å²) in [5.74, 6) is 1.69. The van der Waals surface area contributed by atoms with Crippen molar-refractivity contribution in [3.8, 4) is 0 Å². The first kappa shape index (κ1) is 8.82. The number of furan rings is 1. The summed E-state index contributed by atoms with van der Waals surface area (Å²) in [5.41, 5.74) is 6.55. The van der Waals surface area contributed by atoms with Crippen LogP contribution in [0, 0.1) is 11.3 Å². The normalized spacial score (nSPS) is 27.2. The number of rotatable bonds is 3. The SMILES string of the molecule is CC1(C)CC1C(N)Cc1ccco1. The van der Waals surface area contributed by atoms with Crippen molar-refractivity contribution in [2.45, 2.75) is 32.7 Å². The van der Waals surface area contributed by atoms with Crippen LogP contribution in [-0.2, 0) is 6.42 Å². The van der Waals surface area contributed by atoms with Gasteiger partial charge in [0.2, 0.25) is 0 Å². The van der Waals surface area contributed by atoms with Crippen molar-refractivity contribution < 1.29 is 4.42 Å². The molecule has 1 aliphatic carbocycles. The Morgan fingerprint density at radius 2 is 2.38 bits per heavy atom. The average Bonchev–Trinajstić information content (AvgIpc) is 2.49. The second-order valence-corrected chi connectivity index (χ2v) is 4.75. The Kier molecular flexibility index (Phi) is 1.95. The topological polar surface area (TPSA) is 39.2 Å². The van der Waals surface area contributed by atoms with Crippen molar-refractivity contribution in [2.24, 2.45) is 17.1 Å². The molecule has 0 bridgehead atoms. The first-order valence-corrected chi connectivity index (χ1v) is 4.87. The fourth-order valence-corrected chi connectivity index (χ4v) is 2.04. The molecule has 1 heterocycles. The molecule has 2 rings (SSSR count). The van der Waals surface area contributed by atoms with Gasteiger partial charge in [-0.05, 0) is 29.9 Å². The average molecular weight is 179 g/mol. The van der Waals surface area contributed by atoms with Crippen LogP contribution in [0.2, 0.25) is 0 Å². The molecule has 13 heavy (non-hydrogen) atoms. The minimum atomic E-state index is 0.265. The maximum absolute atomic E-state index is 6.09. The summed E-state index contributed by atoms with van der Waals surface area (Å²) in [7, 11) is 0. The van der Waals surface area contributed by atoms with E-state index >= 15 is 0 Å². The first-order valence-electron chi connectivity index (χ1n) is 4.87. The molecule has 2 N–H and O–H groups in total. The Morgan fingerprint density at radius 3 is 2.85 bits per heavy atom. The molecule has 0 aliphatic heterocycles. The minimum Gasteiger partial charge on any atom is -0.469 e. The molecule has 1 aromatic heterocycles. The molecule has 1 aromatic rings. The standard InChI is InChI=1S/C11H17NO/c1-11(2)7-9(11)10(12)6-8-4-3-5-13-8/h3-5,9-10H,6-7,12H2,1-2H3. The summed E-state index contributed by atoms with van der Waals surface area (Å²) in [4.78, 5) is 0. The largest absolute Gasteiger partial charge is 0.469 e. The van der Waals surface area contributed by atoms with Gasteiger partial charge in [0.25, 0.3) is 0 Å². The van der Waals surface area contributed by atoms with Crippen molar-refractivity contribution >= 4 is 0 Å². The molecule has 1 aliphatic rings. The molecule has 1 fully saturated rings. The van der Waals surface area contributed by atoms with Crippen molar-refractivity contribution in [3.63, 3.8) is 0 Å². The summed E-state index contributed by atoms with van der Waals surface area (Å²) in [6.45, 7) is 4.55. The van der Waals surface area contributed by atoms with Crippen LogP contribution >= 0.6 is 0 Å². The molecule has 0 aromatic carbocycles. The molecule has 2 atom stereocenters. The highest BCUT2D eigenvalue weighted by atomic mass is 16.3. The summed E-state index contributed by atoms with van der Waals surface area (Å²) in [6.07, 6.45) is 3.84. The van der Waals surface area contributed by atoms with Crippen LogP contribution in [-0.4, -0.2) is 6.04 Å². The molecular weight excluding hydrogens is 162 g/mol. The molecule has 72 valence electrons.